The lowest BCUT2D eigenvalue weighted by Crippen LogP contribution is -2.08. The highest BCUT2D eigenvalue weighted by atomic mass is 35.7. The van der Waals surface area contributed by atoms with E-state index in [1.165, 1.54) is 11.8 Å². The monoisotopic (exact) mass is 325 g/mol. The molecule has 0 aromatic carbocycles. The Kier molecular flexibility index (Phi) is 6.30. The maximum atomic E-state index is 11.3. The first-order valence-corrected chi connectivity index (χ1v) is 9.93. The van der Waals surface area contributed by atoms with Gasteiger partial charge in [-0.3, -0.25) is 4.99 Å². The van der Waals surface area contributed by atoms with E-state index >= 15 is 0 Å². The Morgan fingerprint density at radius 2 is 2.22 bits per heavy atom. The molecule has 3 nitrogen and oxygen atoms in total. The second-order valence-electron chi connectivity index (χ2n) is 3.77. The van der Waals surface area contributed by atoms with Gasteiger partial charge >= 0.3 is 0 Å². The van der Waals surface area contributed by atoms with Gasteiger partial charge in [0.15, 0.2) is 0 Å². The van der Waals surface area contributed by atoms with Crippen LogP contribution in [-0.4, -0.2) is 29.5 Å². The molecule has 102 valence electrons. The van der Waals surface area contributed by atoms with Crippen molar-refractivity contribution in [1.29, 1.82) is 0 Å². The van der Waals surface area contributed by atoms with Crippen LogP contribution in [0.5, 0.6) is 0 Å². The molecule has 1 aliphatic rings. The van der Waals surface area contributed by atoms with Crippen LogP contribution in [0.4, 0.5) is 0 Å². The maximum Gasteiger partial charge on any atom is 0.244 e. The molecule has 0 aromatic rings. The van der Waals surface area contributed by atoms with E-state index in [0.717, 1.165) is 17.2 Å². The molecule has 0 N–H and O–H groups in total. The van der Waals surface area contributed by atoms with Crippen molar-refractivity contribution in [3.63, 3.8) is 0 Å². The lowest BCUT2D eigenvalue weighted by Gasteiger charge is -2.11. The van der Waals surface area contributed by atoms with E-state index in [-0.39, 0.29) is 5.25 Å². The summed E-state index contributed by atoms with van der Waals surface area (Å²) in [7, 11) is 1.90. The predicted molar refractivity (Wildman–Crippen MR) is 84.1 cm³/mol. The number of hydrogen-bond donors (Lipinski definition) is 0. The fourth-order valence-electron chi connectivity index (χ4n) is 1.60. The molecular formula is C11H16ClNO2S3. The van der Waals surface area contributed by atoms with Crippen LogP contribution >= 0.6 is 34.2 Å². The van der Waals surface area contributed by atoms with Gasteiger partial charge in [0.2, 0.25) is 9.05 Å². The van der Waals surface area contributed by atoms with Gasteiger partial charge in [-0.15, -0.1) is 23.5 Å². The Balaban J connectivity index is 2.86. The van der Waals surface area contributed by atoms with E-state index in [2.05, 4.69) is 11.6 Å². The number of nitrogens with zero attached hydrogens (tertiary/aromatic N) is 1. The van der Waals surface area contributed by atoms with Crippen molar-refractivity contribution >= 4 is 48.3 Å². The number of aliphatic imine (C=N–C) groups is 1. The average molecular weight is 326 g/mol. The minimum atomic E-state index is -3.49. The van der Waals surface area contributed by atoms with Crippen molar-refractivity contribution in [3.8, 4) is 0 Å². The molecule has 0 aromatic heterocycles. The Labute approximate surface area is 122 Å². The minimum absolute atomic E-state index is 0.0728. The molecular weight excluding hydrogens is 310 g/mol. The second-order valence-corrected chi connectivity index (χ2v) is 9.29. The molecule has 1 saturated heterocycles. The first-order valence-electron chi connectivity index (χ1n) is 5.39. The van der Waals surface area contributed by atoms with E-state index in [4.69, 9.17) is 10.7 Å². The summed E-state index contributed by atoms with van der Waals surface area (Å²) in [6.45, 7) is 5.59. The number of halogens is 1. The number of thioether (sulfide) groups is 2. The van der Waals surface area contributed by atoms with Crippen LogP contribution in [0.3, 0.4) is 0 Å². The predicted octanol–water partition coefficient (Wildman–Crippen LogP) is 3.63. The fraction of sp³-hybridized carbons (Fsp3) is 0.545. The molecule has 7 heteroatoms. The number of rotatable bonds is 4. The van der Waals surface area contributed by atoms with Crippen molar-refractivity contribution in [2.75, 3.05) is 6.26 Å². The molecule has 0 radical (unpaired) electrons. The number of allylic oxidation sites excluding steroid dienone is 2. The molecule has 2 unspecified atom stereocenters. The SMILES string of the molecule is C=C/C=C(\N=C(C)SC)C1CCC(S(=O)(=O)Cl)S1. The Morgan fingerprint density at radius 1 is 1.56 bits per heavy atom. The molecule has 0 aliphatic carbocycles. The van der Waals surface area contributed by atoms with Crippen LogP contribution in [0.1, 0.15) is 19.8 Å². The van der Waals surface area contributed by atoms with Gasteiger partial charge in [0, 0.05) is 15.9 Å². The van der Waals surface area contributed by atoms with Crippen LogP contribution in [0.2, 0.25) is 0 Å². The molecule has 1 heterocycles. The van der Waals surface area contributed by atoms with Gasteiger partial charge in [-0.25, -0.2) is 8.42 Å². The van der Waals surface area contributed by atoms with Gasteiger partial charge in [-0.2, -0.15) is 0 Å². The Morgan fingerprint density at radius 3 is 2.67 bits per heavy atom. The van der Waals surface area contributed by atoms with Crippen molar-refractivity contribution in [3.05, 3.63) is 24.4 Å². The molecule has 0 saturated carbocycles. The molecule has 1 aliphatic heterocycles. The van der Waals surface area contributed by atoms with E-state index in [1.54, 1.807) is 17.8 Å². The summed E-state index contributed by atoms with van der Waals surface area (Å²) in [5.41, 5.74) is 0.865. The summed E-state index contributed by atoms with van der Waals surface area (Å²) >= 11 is 2.93. The summed E-state index contributed by atoms with van der Waals surface area (Å²) < 4.78 is 22.1. The van der Waals surface area contributed by atoms with Crippen molar-refractivity contribution in [1.82, 2.24) is 0 Å². The third-order valence-corrected chi connectivity index (χ3v) is 7.44. The summed E-state index contributed by atoms with van der Waals surface area (Å²) in [6.07, 6.45) is 6.81. The summed E-state index contributed by atoms with van der Waals surface area (Å²) in [5.74, 6) is 0. The molecule has 18 heavy (non-hydrogen) atoms. The highest BCUT2D eigenvalue weighted by Crippen LogP contribution is 2.42. The Hall–Kier alpha value is 0.0900. The third-order valence-electron chi connectivity index (χ3n) is 2.50. The van der Waals surface area contributed by atoms with Crippen LogP contribution in [-0.2, 0) is 9.05 Å². The van der Waals surface area contributed by atoms with Gasteiger partial charge in [0.05, 0.1) is 10.7 Å². The molecule has 0 bridgehead atoms. The first kappa shape index (κ1) is 16.1. The Bertz CT molecular complexity index is 471. The molecule has 0 amide bonds. The van der Waals surface area contributed by atoms with Crippen LogP contribution in [0.25, 0.3) is 0 Å². The lowest BCUT2D eigenvalue weighted by molar-refractivity contribution is 0.604. The van der Waals surface area contributed by atoms with Crippen LogP contribution in [0, 0.1) is 0 Å². The molecule has 0 spiro atoms. The topological polar surface area (TPSA) is 46.5 Å². The first-order chi connectivity index (χ1) is 8.38. The quantitative estimate of drug-likeness (QED) is 0.343. The molecule has 1 rings (SSSR count). The zero-order chi connectivity index (χ0) is 13.8. The van der Waals surface area contributed by atoms with Crippen LogP contribution < -0.4 is 0 Å². The van der Waals surface area contributed by atoms with E-state index < -0.39 is 13.6 Å². The standard InChI is InChI=1S/C11H16ClNO2S3/c1-4-5-9(13-8(2)16-3)10-6-7-11(17-10)18(12,14)15/h4-5,10-11H,1,6-7H2,2-3H3/b9-5-,13-8?. The zero-order valence-corrected chi connectivity index (χ0v) is 13.5. The molecule has 1 fully saturated rings. The lowest BCUT2D eigenvalue weighted by atomic mass is 10.2. The maximum absolute atomic E-state index is 11.3. The summed E-state index contributed by atoms with van der Waals surface area (Å²) in [6, 6.07) is 0. The normalized spacial score (nSPS) is 26.4. The minimum Gasteiger partial charge on any atom is -0.250 e. The van der Waals surface area contributed by atoms with Gasteiger partial charge in [0.25, 0.3) is 0 Å². The highest BCUT2D eigenvalue weighted by Gasteiger charge is 2.35. The number of hydrogen-bond acceptors (Lipinski definition) is 5. The van der Waals surface area contributed by atoms with Gasteiger partial charge in [-0.1, -0.05) is 12.7 Å². The second kappa shape index (κ2) is 7.03. The van der Waals surface area contributed by atoms with E-state index in [9.17, 15) is 8.42 Å². The van der Waals surface area contributed by atoms with E-state index in [1.807, 2.05) is 19.3 Å². The fourth-order valence-corrected chi connectivity index (χ4v) is 4.97. The largest absolute Gasteiger partial charge is 0.250 e. The summed E-state index contributed by atoms with van der Waals surface area (Å²) in [5, 5.41) is 1.02. The van der Waals surface area contributed by atoms with Crippen LogP contribution in [0.15, 0.2) is 29.4 Å². The van der Waals surface area contributed by atoms with Crippen molar-refractivity contribution < 1.29 is 8.42 Å². The van der Waals surface area contributed by atoms with Crippen molar-refractivity contribution in [2.24, 2.45) is 4.99 Å². The van der Waals surface area contributed by atoms with Crippen molar-refractivity contribution in [2.45, 2.75) is 29.6 Å². The average Bonchev–Trinajstić information content (AvgIpc) is 2.77. The third kappa shape index (κ3) is 4.64. The summed E-state index contributed by atoms with van der Waals surface area (Å²) in [4.78, 5) is 4.49. The molecule has 2 atom stereocenters. The van der Waals surface area contributed by atoms with E-state index in [0.29, 0.717) is 6.42 Å². The van der Waals surface area contributed by atoms with Gasteiger partial charge in [0.1, 0.15) is 4.58 Å². The van der Waals surface area contributed by atoms with Gasteiger partial charge in [-0.05, 0) is 32.1 Å². The smallest absolute Gasteiger partial charge is 0.244 e. The van der Waals surface area contributed by atoms with Gasteiger partial charge < -0.3 is 0 Å². The highest BCUT2D eigenvalue weighted by molar-refractivity contribution is 8.24. The zero-order valence-electron chi connectivity index (χ0n) is 10.3.